The van der Waals surface area contributed by atoms with E-state index in [0.717, 1.165) is 32.4 Å². The number of hydrogen-bond acceptors (Lipinski definition) is 5. The number of hydrogen-bond donors (Lipinski definition) is 1. The van der Waals surface area contributed by atoms with Crippen molar-refractivity contribution in [2.24, 2.45) is 0 Å². The summed E-state index contributed by atoms with van der Waals surface area (Å²) < 4.78 is 1.46. The fourth-order valence-electron chi connectivity index (χ4n) is 3.55. The van der Waals surface area contributed by atoms with Gasteiger partial charge in [-0.25, -0.2) is 4.68 Å². The lowest BCUT2D eigenvalue weighted by Crippen LogP contribution is -2.36. The largest absolute Gasteiger partial charge is 0.339 e. The number of carbonyl (C=O) groups is 2. The predicted octanol–water partition coefficient (Wildman–Crippen LogP) is 3.66. The minimum atomic E-state index is -0.478. The number of likely N-dealkylation sites (tertiary alicyclic amines) is 1. The maximum Gasteiger partial charge on any atom is 0.276 e. The number of rotatable bonds is 5. The van der Waals surface area contributed by atoms with Gasteiger partial charge in [0, 0.05) is 31.4 Å². The van der Waals surface area contributed by atoms with E-state index in [9.17, 15) is 19.7 Å². The average molecular weight is 419 g/mol. The third-order valence-electron chi connectivity index (χ3n) is 5.20. The molecule has 1 aliphatic heterocycles. The number of non-ortho nitro benzene ring substituents is 1. The van der Waals surface area contributed by atoms with Gasteiger partial charge in [0.15, 0.2) is 5.69 Å². The van der Waals surface area contributed by atoms with Gasteiger partial charge in [-0.05, 0) is 49.6 Å². The number of benzene rings is 2. The molecule has 0 saturated carbocycles. The number of nitrogens with one attached hydrogen (secondary N) is 1. The Hall–Kier alpha value is -4.01. The quantitative estimate of drug-likeness (QED) is 0.501. The van der Waals surface area contributed by atoms with Crippen molar-refractivity contribution in [2.45, 2.75) is 19.3 Å². The Labute approximate surface area is 178 Å². The molecule has 2 amide bonds. The molecule has 1 aromatic heterocycles. The number of carbonyl (C=O) groups excluding carboxylic acids is 2. The molecule has 3 aromatic rings. The summed E-state index contributed by atoms with van der Waals surface area (Å²) in [6.07, 6.45) is 4.70. The van der Waals surface area contributed by atoms with Crippen LogP contribution in [0.1, 0.15) is 40.1 Å². The zero-order chi connectivity index (χ0) is 21.8. The first-order chi connectivity index (χ1) is 15.0. The van der Waals surface area contributed by atoms with Crippen LogP contribution in [-0.4, -0.2) is 44.5 Å². The van der Waals surface area contributed by atoms with E-state index < -0.39 is 10.8 Å². The van der Waals surface area contributed by atoms with Crippen molar-refractivity contribution in [2.75, 3.05) is 18.4 Å². The molecular weight excluding hydrogens is 398 g/mol. The van der Waals surface area contributed by atoms with Crippen LogP contribution in [0.4, 0.5) is 11.4 Å². The molecular formula is C22H21N5O4. The van der Waals surface area contributed by atoms with Crippen molar-refractivity contribution in [1.82, 2.24) is 14.7 Å². The molecule has 158 valence electrons. The lowest BCUT2D eigenvalue weighted by molar-refractivity contribution is -0.384. The Morgan fingerprint density at radius 3 is 2.39 bits per heavy atom. The minimum Gasteiger partial charge on any atom is -0.339 e. The molecule has 9 heteroatoms. The number of anilines is 1. The summed E-state index contributed by atoms with van der Waals surface area (Å²) in [6, 6.07) is 14.3. The van der Waals surface area contributed by atoms with E-state index >= 15 is 0 Å². The van der Waals surface area contributed by atoms with E-state index in [1.54, 1.807) is 48.7 Å². The van der Waals surface area contributed by atoms with Gasteiger partial charge in [-0.2, -0.15) is 5.10 Å². The van der Waals surface area contributed by atoms with Crippen LogP contribution in [-0.2, 0) is 0 Å². The first kappa shape index (κ1) is 20.3. The molecule has 1 aliphatic rings. The highest BCUT2D eigenvalue weighted by atomic mass is 16.6. The first-order valence-electron chi connectivity index (χ1n) is 10.0. The fourth-order valence-corrected chi connectivity index (χ4v) is 3.55. The molecule has 2 aromatic carbocycles. The van der Waals surface area contributed by atoms with Crippen LogP contribution >= 0.6 is 0 Å². The Balaban J connectivity index is 1.50. The average Bonchev–Trinajstić information content (AvgIpc) is 3.30. The number of nitro groups is 1. The van der Waals surface area contributed by atoms with Crippen LogP contribution in [0.5, 0.6) is 0 Å². The molecule has 9 nitrogen and oxygen atoms in total. The maximum atomic E-state index is 12.9. The summed E-state index contributed by atoms with van der Waals surface area (Å²) in [5.41, 5.74) is 1.62. The van der Waals surface area contributed by atoms with Gasteiger partial charge in [0.1, 0.15) is 0 Å². The molecule has 4 rings (SSSR count). The van der Waals surface area contributed by atoms with Gasteiger partial charge in [0.25, 0.3) is 17.5 Å². The smallest absolute Gasteiger partial charge is 0.276 e. The van der Waals surface area contributed by atoms with Crippen molar-refractivity contribution in [3.8, 4) is 5.69 Å². The SMILES string of the molecule is O=C(Nc1ccccc1C(=O)N1CCCCC1)c1ccn(-c2ccc([N+](=O)[O-])cc2)n1. The molecule has 2 heterocycles. The number of nitro benzene ring substituents is 1. The van der Waals surface area contributed by atoms with E-state index in [-0.39, 0.29) is 17.3 Å². The number of aromatic nitrogens is 2. The highest BCUT2D eigenvalue weighted by molar-refractivity contribution is 6.08. The van der Waals surface area contributed by atoms with E-state index in [2.05, 4.69) is 10.4 Å². The number of nitrogens with zero attached hydrogens (tertiary/aromatic N) is 4. The van der Waals surface area contributed by atoms with Crippen LogP contribution in [0.15, 0.2) is 60.8 Å². The topological polar surface area (TPSA) is 110 Å². The predicted molar refractivity (Wildman–Crippen MR) is 114 cm³/mol. The molecule has 0 aliphatic carbocycles. The Morgan fingerprint density at radius 1 is 0.968 bits per heavy atom. The summed E-state index contributed by atoms with van der Waals surface area (Å²) in [5, 5.41) is 17.8. The zero-order valence-electron chi connectivity index (χ0n) is 16.7. The van der Waals surface area contributed by atoms with Crippen LogP contribution in [0.2, 0.25) is 0 Å². The molecule has 31 heavy (non-hydrogen) atoms. The van der Waals surface area contributed by atoms with Gasteiger partial charge >= 0.3 is 0 Å². The third-order valence-corrected chi connectivity index (χ3v) is 5.20. The maximum absolute atomic E-state index is 12.9. The van der Waals surface area contributed by atoms with Crippen molar-refractivity contribution in [3.05, 3.63) is 82.2 Å². The highest BCUT2D eigenvalue weighted by Gasteiger charge is 2.22. The van der Waals surface area contributed by atoms with Crippen LogP contribution in [0.3, 0.4) is 0 Å². The van der Waals surface area contributed by atoms with E-state index in [1.807, 2.05) is 4.90 Å². The van der Waals surface area contributed by atoms with Crippen molar-refractivity contribution >= 4 is 23.2 Å². The molecule has 0 atom stereocenters. The Kier molecular flexibility index (Phi) is 5.74. The summed E-state index contributed by atoms with van der Waals surface area (Å²) in [6.45, 7) is 1.45. The normalized spacial score (nSPS) is 13.6. The van der Waals surface area contributed by atoms with Crippen LogP contribution < -0.4 is 5.32 Å². The van der Waals surface area contributed by atoms with Crippen LogP contribution in [0.25, 0.3) is 5.69 Å². The third kappa shape index (κ3) is 4.45. The Bertz CT molecular complexity index is 1120. The second-order valence-electron chi connectivity index (χ2n) is 7.27. The number of para-hydroxylation sites is 1. The lowest BCUT2D eigenvalue weighted by atomic mass is 10.1. The molecule has 1 fully saturated rings. The molecule has 1 saturated heterocycles. The van der Waals surface area contributed by atoms with Gasteiger partial charge in [-0.3, -0.25) is 19.7 Å². The molecule has 1 N–H and O–H groups in total. The molecule has 0 radical (unpaired) electrons. The summed E-state index contributed by atoms with van der Waals surface area (Å²) >= 11 is 0. The van der Waals surface area contributed by atoms with Gasteiger partial charge in [-0.1, -0.05) is 12.1 Å². The lowest BCUT2D eigenvalue weighted by Gasteiger charge is -2.27. The molecule has 0 bridgehead atoms. The fraction of sp³-hybridized carbons (Fsp3) is 0.227. The Morgan fingerprint density at radius 2 is 1.68 bits per heavy atom. The minimum absolute atomic E-state index is 0.0242. The highest BCUT2D eigenvalue weighted by Crippen LogP contribution is 2.21. The van der Waals surface area contributed by atoms with E-state index in [1.165, 1.54) is 16.8 Å². The molecule has 0 spiro atoms. The second-order valence-corrected chi connectivity index (χ2v) is 7.27. The summed E-state index contributed by atoms with van der Waals surface area (Å²) in [5.74, 6) is -0.536. The summed E-state index contributed by atoms with van der Waals surface area (Å²) in [7, 11) is 0. The first-order valence-corrected chi connectivity index (χ1v) is 10.0. The number of piperidine rings is 1. The summed E-state index contributed by atoms with van der Waals surface area (Å²) in [4.78, 5) is 37.8. The van der Waals surface area contributed by atoms with Crippen molar-refractivity contribution < 1.29 is 14.5 Å². The van der Waals surface area contributed by atoms with E-state index in [0.29, 0.717) is 16.9 Å². The monoisotopic (exact) mass is 419 g/mol. The van der Waals surface area contributed by atoms with Gasteiger partial charge in [0.2, 0.25) is 0 Å². The van der Waals surface area contributed by atoms with Crippen molar-refractivity contribution in [3.63, 3.8) is 0 Å². The second kappa shape index (κ2) is 8.78. The standard InChI is InChI=1S/C22H21N5O4/c28-21(20-12-15-26(24-20)16-8-10-17(11-9-16)27(30)31)23-19-7-3-2-6-18(19)22(29)25-13-4-1-5-14-25/h2-3,6-12,15H,1,4-5,13-14H2,(H,23,28). The molecule has 0 unspecified atom stereocenters. The zero-order valence-corrected chi connectivity index (χ0v) is 16.7. The van der Waals surface area contributed by atoms with Crippen LogP contribution in [0, 0.1) is 10.1 Å². The van der Waals surface area contributed by atoms with Gasteiger partial charge in [-0.15, -0.1) is 0 Å². The number of amides is 2. The van der Waals surface area contributed by atoms with Crippen molar-refractivity contribution in [1.29, 1.82) is 0 Å². The van der Waals surface area contributed by atoms with Gasteiger partial charge < -0.3 is 10.2 Å². The van der Waals surface area contributed by atoms with Gasteiger partial charge in [0.05, 0.1) is 21.9 Å². The van der Waals surface area contributed by atoms with E-state index in [4.69, 9.17) is 0 Å².